The van der Waals surface area contributed by atoms with Crippen molar-refractivity contribution in [2.24, 2.45) is 10.9 Å². The lowest BCUT2D eigenvalue weighted by atomic mass is 9.98. The van der Waals surface area contributed by atoms with Gasteiger partial charge in [0.15, 0.2) is 5.78 Å². The maximum Gasteiger partial charge on any atom is 0.310 e. The first-order chi connectivity index (χ1) is 17.4. The Morgan fingerprint density at radius 1 is 1.22 bits per heavy atom. The molecule has 188 valence electrons. The molecule has 2 aromatic carbocycles. The number of halogens is 1. The number of aromatic hydroxyl groups is 1. The van der Waals surface area contributed by atoms with Gasteiger partial charge in [-0.15, -0.1) is 0 Å². The highest BCUT2D eigenvalue weighted by molar-refractivity contribution is 6.32. The lowest BCUT2D eigenvalue weighted by Crippen LogP contribution is -2.44. The molecule has 0 aliphatic carbocycles. The molecule has 9 heteroatoms. The highest BCUT2D eigenvalue weighted by Gasteiger charge is 2.29. The van der Waals surface area contributed by atoms with Gasteiger partial charge in [0.2, 0.25) is 5.91 Å². The zero-order valence-corrected chi connectivity index (χ0v) is 20.8. The van der Waals surface area contributed by atoms with Crippen LogP contribution in [0.15, 0.2) is 53.7 Å². The predicted octanol–water partition coefficient (Wildman–Crippen LogP) is 4.10. The van der Waals surface area contributed by atoms with Crippen LogP contribution in [0.3, 0.4) is 0 Å². The van der Waals surface area contributed by atoms with Crippen LogP contribution < -0.4 is 0 Å². The number of likely N-dealkylation sites (tertiary alicyclic amines) is 1. The predicted molar refractivity (Wildman–Crippen MR) is 138 cm³/mol. The molecule has 0 saturated carbocycles. The standard InChI is InChI=1S/C27H28ClN3O5/c1-2-36-27(35)20-6-4-11-31(16-20)26(34)17-30-12-10-21-19(5-3-7-23(21)30)14-29-15-25(33)18-8-9-24(32)22(28)13-18/h3,5,7-10,12-14,20,32H,2,4,6,11,15-17H2,1H3. The fourth-order valence-corrected chi connectivity index (χ4v) is 4.58. The van der Waals surface area contributed by atoms with Gasteiger partial charge in [0.1, 0.15) is 18.8 Å². The van der Waals surface area contributed by atoms with Gasteiger partial charge in [0.25, 0.3) is 0 Å². The Kier molecular flexibility index (Phi) is 8.05. The number of piperidine rings is 1. The number of amides is 1. The summed E-state index contributed by atoms with van der Waals surface area (Å²) in [6.45, 7) is 3.24. The van der Waals surface area contributed by atoms with E-state index in [2.05, 4.69) is 4.99 Å². The summed E-state index contributed by atoms with van der Waals surface area (Å²) >= 11 is 5.88. The van der Waals surface area contributed by atoms with E-state index in [9.17, 15) is 19.5 Å². The molecular weight excluding hydrogens is 482 g/mol. The minimum Gasteiger partial charge on any atom is -0.506 e. The van der Waals surface area contributed by atoms with E-state index in [1.807, 2.05) is 35.0 Å². The molecule has 1 fully saturated rings. The molecule has 3 aromatic rings. The van der Waals surface area contributed by atoms with Gasteiger partial charge in [-0.1, -0.05) is 23.7 Å². The lowest BCUT2D eigenvalue weighted by Gasteiger charge is -2.31. The average molecular weight is 510 g/mol. The number of hydrogen-bond acceptors (Lipinski definition) is 6. The highest BCUT2D eigenvalue weighted by Crippen LogP contribution is 2.24. The maximum atomic E-state index is 13.0. The Labute approximate surface area is 214 Å². The minimum atomic E-state index is -0.271. The molecule has 1 atom stereocenters. The molecule has 36 heavy (non-hydrogen) atoms. The molecular formula is C27H28ClN3O5. The van der Waals surface area contributed by atoms with Gasteiger partial charge in [-0.25, -0.2) is 0 Å². The van der Waals surface area contributed by atoms with Gasteiger partial charge in [-0.2, -0.15) is 0 Å². The second-order valence-corrected chi connectivity index (χ2v) is 9.12. The summed E-state index contributed by atoms with van der Waals surface area (Å²) in [6, 6.07) is 11.9. The number of phenolic OH excluding ortho intramolecular Hbond substituents is 1. The maximum absolute atomic E-state index is 13.0. The van der Waals surface area contributed by atoms with Gasteiger partial charge >= 0.3 is 5.97 Å². The molecule has 0 spiro atoms. The summed E-state index contributed by atoms with van der Waals surface area (Å²) in [4.78, 5) is 43.6. The average Bonchev–Trinajstić information content (AvgIpc) is 3.29. The number of benzene rings is 2. The molecule has 1 aliphatic rings. The van der Waals surface area contributed by atoms with Crippen molar-refractivity contribution in [1.29, 1.82) is 0 Å². The minimum absolute atomic E-state index is 0.0428. The third-order valence-electron chi connectivity index (χ3n) is 6.28. The zero-order chi connectivity index (χ0) is 25.7. The smallest absolute Gasteiger partial charge is 0.310 e. The molecule has 2 heterocycles. The van der Waals surface area contributed by atoms with Gasteiger partial charge in [0, 0.05) is 47.5 Å². The van der Waals surface area contributed by atoms with E-state index in [0.29, 0.717) is 25.3 Å². The Morgan fingerprint density at radius 3 is 2.83 bits per heavy atom. The van der Waals surface area contributed by atoms with E-state index < -0.39 is 0 Å². The van der Waals surface area contributed by atoms with Gasteiger partial charge in [-0.3, -0.25) is 19.4 Å². The third-order valence-corrected chi connectivity index (χ3v) is 6.58. The van der Waals surface area contributed by atoms with Crippen LogP contribution in [0, 0.1) is 5.92 Å². The van der Waals surface area contributed by atoms with Crippen LogP contribution in [0.2, 0.25) is 5.02 Å². The number of carbonyl (C=O) groups is 3. The van der Waals surface area contributed by atoms with Crippen LogP contribution >= 0.6 is 11.6 Å². The number of phenols is 1. The van der Waals surface area contributed by atoms with E-state index >= 15 is 0 Å². The van der Waals surface area contributed by atoms with E-state index in [4.69, 9.17) is 16.3 Å². The molecule has 0 radical (unpaired) electrons. The van der Waals surface area contributed by atoms with Crippen molar-refractivity contribution in [2.75, 3.05) is 26.2 Å². The van der Waals surface area contributed by atoms with Crippen molar-refractivity contribution in [1.82, 2.24) is 9.47 Å². The van der Waals surface area contributed by atoms with Crippen LogP contribution in [0.5, 0.6) is 5.75 Å². The Balaban J connectivity index is 1.42. The largest absolute Gasteiger partial charge is 0.506 e. The monoisotopic (exact) mass is 509 g/mol. The molecule has 4 rings (SSSR count). The van der Waals surface area contributed by atoms with Gasteiger partial charge in [0.05, 0.1) is 17.5 Å². The fraction of sp³-hybridized carbons (Fsp3) is 0.333. The normalized spacial score (nSPS) is 15.9. The van der Waals surface area contributed by atoms with E-state index in [0.717, 1.165) is 29.3 Å². The zero-order valence-electron chi connectivity index (χ0n) is 20.0. The first-order valence-electron chi connectivity index (χ1n) is 11.9. The number of ether oxygens (including phenoxy) is 1. The second kappa shape index (κ2) is 11.4. The highest BCUT2D eigenvalue weighted by atomic mass is 35.5. The Hall–Kier alpha value is -3.65. The van der Waals surface area contributed by atoms with Crippen molar-refractivity contribution in [3.63, 3.8) is 0 Å². The Bertz CT molecular complexity index is 1320. The number of Topliss-reactive ketones (excluding diaryl/α,β-unsaturated/α-hetero) is 1. The molecule has 0 bridgehead atoms. The fourth-order valence-electron chi connectivity index (χ4n) is 4.40. The van der Waals surface area contributed by atoms with E-state index in [-0.39, 0.29) is 47.4 Å². The number of carbonyl (C=O) groups excluding carboxylic acids is 3. The van der Waals surface area contributed by atoms with Gasteiger partial charge < -0.3 is 19.3 Å². The number of ketones is 1. The number of esters is 1. The Morgan fingerprint density at radius 2 is 2.06 bits per heavy atom. The number of fused-ring (bicyclic) bond motifs is 1. The SMILES string of the molecule is CCOC(=O)C1CCCN(C(=O)Cn2ccc3c(C=NCC(=O)c4ccc(O)c(Cl)c4)cccc32)C1. The quantitative estimate of drug-likeness (QED) is 0.280. The van der Waals surface area contributed by atoms with Crippen molar-refractivity contribution < 1.29 is 24.2 Å². The van der Waals surface area contributed by atoms with Crippen LogP contribution in [-0.2, 0) is 20.9 Å². The van der Waals surface area contributed by atoms with Crippen molar-refractivity contribution in [3.05, 3.63) is 64.8 Å². The number of hydrogen-bond donors (Lipinski definition) is 1. The molecule has 8 nitrogen and oxygen atoms in total. The van der Waals surface area contributed by atoms with Crippen LogP contribution in [0.25, 0.3) is 10.9 Å². The third kappa shape index (κ3) is 5.76. The van der Waals surface area contributed by atoms with Crippen molar-refractivity contribution in [3.8, 4) is 5.75 Å². The number of aromatic nitrogens is 1. The molecule has 1 aromatic heterocycles. The summed E-state index contributed by atoms with van der Waals surface area (Å²) in [6.07, 6.45) is 5.01. The topological polar surface area (TPSA) is 101 Å². The van der Waals surface area contributed by atoms with E-state index in [1.54, 1.807) is 18.0 Å². The molecule has 1 N–H and O–H groups in total. The molecule has 1 amide bonds. The second-order valence-electron chi connectivity index (χ2n) is 8.71. The summed E-state index contributed by atoms with van der Waals surface area (Å²) in [5.74, 6) is -0.847. The van der Waals surface area contributed by atoms with Crippen LogP contribution in [0.1, 0.15) is 35.7 Å². The first kappa shape index (κ1) is 25.4. The van der Waals surface area contributed by atoms with Crippen molar-refractivity contribution >= 4 is 46.4 Å². The lowest BCUT2D eigenvalue weighted by molar-refractivity contribution is -0.151. The summed E-state index contributed by atoms with van der Waals surface area (Å²) < 4.78 is 7.02. The number of aliphatic imine (C=N–C) groups is 1. The van der Waals surface area contributed by atoms with Crippen LogP contribution in [-0.4, -0.2) is 64.7 Å². The number of nitrogens with zero attached hydrogens (tertiary/aromatic N) is 3. The van der Waals surface area contributed by atoms with Crippen molar-refractivity contribution in [2.45, 2.75) is 26.3 Å². The van der Waals surface area contributed by atoms with E-state index in [1.165, 1.54) is 18.2 Å². The molecule has 1 saturated heterocycles. The van der Waals surface area contributed by atoms with Crippen LogP contribution in [0.4, 0.5) is 0 Å². The summed E-state index contributed by atoms with van der Waals surface area (Å²) in [7, 11) is 0. The van der Waals surface area contributed by atoms with Gasteiger partial charge in [-0.05, 0) is 50.1 Å². The summed E-state index contributed by atoms with van der Waals surface area (Å²) in [5.41, 5.74) is 2.08. The molecule has 1 aliphatic heterocycles. The molecule has 1 unspecified atom stereocenters. The summed E-state index contributed by atoms with van der Waals surface area (Å²) in [5, 5.41) is 10.5. The number of rotatable bonds is 8. The first-order valence-corrected chi connectivity index (χ1v) is 12.3.